The molecule has 8 nitrogen and oxygen atoms in total. The van der Waals surface area contributed by atoms with Gasteiger partial charge in [-0.1, -0.05) is 62.4 Å². The average Bonchev–Trinajstić information content (AvgIpc) is 3.40. The number of hydrogen-bond donors (Lipinski definition) is 2. The lowest BCUT2D eigenvalue weighted by atomic mass is 9.98. The Hall–Kier alpha value is -3.39. The van der Waals surface area contributed by atoms with Crippen LogP contribution in [0.2, 0.25) is 0 Å². The number of carboxylic acid groups (broad SMARTS) is 1. The summed E-state index contributed by atoms with van der Waals surface area (Å²) in [5.74, 6) is -2.41. The molecular weight excluding hydrogens is 448 g/mol. The molecule has 1 aliphatic heterocycles. The van der Waals surface area contributed by atoms with Crippen molar-refractivity contribution in [3.63, 3.8) is 0 Å². The molecular formula is C27H32N2O6. The third kappa shape index (κ3) is 5.03. The van der Waals surface area contributed by atoms with Gasteiger partial charge in [-0.2, -0.15) is 0 Å². The molecule has 0 bridgehead atoms. The first-order valence-electron chi connectivity index (χ1n) is 12.1. The van der Waals surface area contributed by atoms with E-state index < -0.39 is 30.1 Å². The molecule has 2 amide bonds. The number of alkyl carbamates (subject to hydrolysis) is 1. The summed E-state index contributed by atoms with van der Waals surface area (Å²) in [7, 11) is 0. The van der Waals surface area contributed by atoms with Crippen LogP contribution in [-0.4, -0.2) is 66.4 Å². The van der Waals surface area contributed by atoms with Gasteiger partial charge in [-0.15, -0.1) is 0 Å². The summed E-state index contributed by atoms with van der Waals surface area (Å²) in [6.45, 7) is 6.19. The number of likely N-dealkylation sites (tertiary alicyclic amines) is 1. The van der Waals surface area contributed by atoms with E-state index in [1.165, 1.54) is 4.90 Å². The largest absolute Gasteiger partial charge is 0.481 e. The maximum Gasteiger partial charge on any atom is 0.407 e. The number of amides is 2. The Bertz CT molecular complexity index is 1060. The van der Waals surface area contributed by atoms with E-state index in [9.17, 15) is 19.5 Å². The number of nitrogens with zero attached hydrogens (tertiary/aromatic N) is 1. The molecule has 3 atom stereocenters. The minimum absolute atomic E-state index is 0.0500. The monoisotopic (exact) mass is 480 g/mol. The molecule has 0 aromatic heterocycles. The summed E-state index contributed by atoms with van der Waals surface area (Å²) < 4.78 is 11.2. The number of nitrogens with one attached hydrogen (secondary N) is 1. The fourth-order valence-corrected chi connectivity index (χ4v) is 5.05. The first kappa shape index (κ1) is 24.7. The van der Waals surface area contributed by atoms with E-state index in [0.717, 1.165) is 22.3 Å². The summed E-state index contributed by atoms with van der Waals surface area (Å²) in [5, 5.41) is 12.2. The molecule has 1 aliphatic carbocycles. The van der Waals surface area contributed by atoms with Crippen molar-refractivity contribution in [3.05, 3.63) is 59.7 Å². The van der Waals surface area contributed by atoms with E-state index in [1.54, 1.807) is 6.92 Å². The molecule has 2 N–H and O–H groups in total. The second-order valence-corrected chi connectivity index (χ2v) is 9.37. The quantitative estimate of drug-likeness (QED) is 0.599. The lowest BCUT2D eigenvalue weighted by Gasteiger charge is -2.27. The molecule has 8 heteroatoms. The van der Waals surface area contributed by atoms with Gasteiger partial charge in [0.2, 0.25) is 5.91 Å². The maximum atomic E-state index is 13.2. The number of aliphatic carboxylic acids is 1. The van der Waals surface area contributed by atoms with Crippen molar-refractivity contribution in [2.24, 2.45) is 11.8 Å². The summed E-state index contributed by atoms with van der Waals surface area (Å²) >= 11 is 0. The van der Waals surface area contributed by atoms with Crippen LogP contribution in [0.25, 0.3) is 11.1 Å². The SMILES string of the molecule is CCOC1CN(C(=O)C(NC(=O)OCC2c3ccccc3-c3ccccc32)C(C)C)CC1C(=O)O. The second-order valence-electron chi connectivity index (χ2n) is 9.37. The number of ether oxygens (including phenoxy) is 2. The molecule has 1 fully saturated rings. The molecule has 1 saturated heterocycles. The van der Waals surface area contributed by atoms with Gasteiger partial charge in [0.05, 0.1) is 6.10 Å². The van der Waals surface area contributed by atoms with Crippen molar-refractivity contribution in [2.75, 3.05) is 26.3 Å². The van der Waals surface area contributed by atoms with Crippen LogP contribution in [0.5, 0.6) is 0 Å². The third-order valence-electron chi connectivity index (χ3n) is 6.83. The number of benzene rings is 2. The highest BCUT2D eigenvalue weighted by molar-refractivity contribution is 5.87. The number of carbonyl (C=O) groups is 3. The van der Waals surface area contributed by atoms with E-state index in [2.05, 4.69) is 17.4 Å². The standard InChI is InChI=1S/C27H32N2O6/c1-4-34-23-14-29(13-21(23)26(31)32)25(30)24(16(2)3)28-27(33)35-15-22-19-11-7-5-9-17(19)18-10-6-8-12-20(18)22/h5-12,16,21-24H,4,13-15H2,1-3H3,(H,28,33)(H,31,32). The third-order valence-corrected chi connectivity index (χ3v) is 6.83. The van der Waals surface area contributed by atoms with Crippen molar-refractivity contribution >= 4 is 18.0 Å². The van der Waals surface area contributed by atoms with Crippen LogP contribution in [0.3, 0.4) is 0 Å². The zero-order valence-corrected chi connectivity index (χ0v) is 20.3. The van der Waals surface area contributed by atoms with Crippen molar-refractivity contribution < 1.29 is 29.0 Å². The van der Waals surface area contributed by atoms with Gasteiger partial charge in [-0.05, 0) is 35.1 Å². The Labute approximate surface area is 205 Å². The molecule has 2 aliphatic rings. The molecule has 3 unspecified atom stereocenters. The first-order valence-corrected chi connectivity index (χ1v) is 12.1. The van der Waals surface area contributed by atoms with Crippen LogP contribution in [0, 0.1) is 11.8 Å². The van der Waals surface area contributed by atoms with Crippen LogP contribution in [0.15, 0.2) is 48.5 Å². The Morgan fingerprint density at radius 3 is 2.17 bits per heavy atom. The highest BCUT2D eigenvalue weighted by Crippen LogP contribution is 2.44. The fourth-order valence-electron chi connectivity index (χ4n) is 5.05. The summed E-state index contributed by atoms with van der Waals surface area (Å²) in [4.78, 5) is 39.1. The fraction of sp³-hybridized carbons (Fsp3) is 0.444. The molecule has 1 heterocycles. The lowest BCUT2D eigenvalue weighted by molar-refractivity contribution is -0.145. The van der Waals surface area contributed by atoms with Gasteiger partial charge in [0.25, 0.3) is 0 Å². The van der Waals surface area contributed by atoms with Gasteiger partial charge in [-0.25, -0.2) is 4.79 Å². The van der Waals surface area contributed by atoms with E-state index in [-0.39, 0.29) is 37.4 Å². The Morgan fingerprint density at radius 1 is 1.03 bits per heavy atom. The van der Waals surface area contributed by atoms with Crippen molar-refractivity contribution in [1.82, 2.24) is 10.2 Å². The number of rotatable bonds is 8. The Balaban J connectivity index is 1.41. The zero-order valence-electron chi connectivity index (χ0n) is 20.3. The van der Waals surface area contributed by atoms with E-state index in [1.807, 2.05) is 50.2 Å². The predicted octanol–water partition coefficient (Wildman–Crippen LogP) is 3.50. The number of fused-ring (bicyclic) bond motifs is 3. The Morgan fingerprint density at radius 2 is 1.63 bits per heavy atom. The lowest BCUT2D eigenvalue weighted by Crippen LogP contribution is -2.51. The molecule has 2 aromatic rings. The van der Waals surface area contributed by atoms with Crippen LogP contribution >= 0.6 is 0 Å². The van der Waals surface area contributed by atoms with Gasteiger partial charge >= 0.3 is 12.1 Å². The van der Waals surface area contributed by atoms with Gasteiger partial charge in [0.1, 0.15) is 18.6 Å². The molecule has 2 aromatic carbocycles. The molecule has 0 saturated carbocycles. The van der Waals surface area contributed by atoms with Gasteiger partial charge < -0.3 is 24.8 Å². The van der Waals surface area contributed by atoms with Gasteiger partial charge in [0, 0.05) is 25.6 Å². The summed E-state index contributed by atoms with van der Waals surface area (Å²) in [5.41, 5.74) is 4.49. The smallest absolute Gasteiger partial charge is 0.407 e. The molecule has 0 radical (unpaired) electrons. The molecule has 35 heavy (non-hydrogen) atoms. The molecule has 0 spiro atoms. The van der Waals surface area contributed by atoms with Crippen molar-refractivity contribution in [2.45, 2.75) is 38.8 Å². The second kappa shape index (κ2) is 10.5. The number of carbonyl (C=O) groups excluding carboxylic acids is 2. The topological polar surface area (TPSA) is 105 Å². The zero-order chi connectivity index (χ0) is 25.1. The normalized spacial score (nSPS) is 19.8. The van der Waals surface area contributed by atoms with Crippen molar-refractivity contribution in [3.8, 4) is 11.1 Å². The highest BCUT2D eigenvalue weighted by atomic mass is 16.5. The molecule has 186 valence electrons. The number of carboxylic acids is 1. The van der Waals surface area contributed by atoms with E-state index in [4.69, 9.17) is 9.47 Å². The van der Waals surface area contributed by atoms with Crippen LogP contribution in [0.4, 0.5) is 4.79 Å². The Kier molecular flexibility index (Phi) is 7.40. The van der Waals surface area contributed by atoms with Gasteiger partial charge in [-0.3, -0.25) is 9.59 Å². The predicted molar refractivity (Wildman–Crippen MR) is 130 cm³/mol. The van der Waals surface area contributed by atoms with E-state index in [0.29, 0.717) is 6.61 Å². The summed E-state index contributed by atoms with van der Waals surface area (Å²) in [6, 6.07) is 15.3. The van der Waals surface area contributed by atoms with Gasteiger partial charge in [0.15, 0.2) is 0 Å². The maximum absolute atomic E-state index is 13.2. The minimum Gasteiger partial charge on any atom is -0.481 e. The minimum atomic E-state index is -0.996. The van der Waals surface area contributed by atoms with Crippen LogP contribution < -0.4 is 5.32 Å². The first-order chi connectivity index (χ1) is 16.8. The van der Waals surface area contributed by atoms with Crippen molar-refractivity contribution in [1.29, 1.82) is 0 Å². The average molecular weight is 481 g/mol. The highest BCUT2D eigenvalue weighted by Gasteiger charge is 2.42. The van der Waals surface area contributed by atoms with Crippen LogP contribution in [0.1, 0.15) is 37.8 Å². The summed E-state index contributed by atoms with van der Waals surface area (Å²) in [6.07, 6.45) is -1.24. The van der Waals surface area contributed by atoms with E-state index >= 15 is 0 Å². The number of hydrogen-bond acceptors (Lipinski definition) is 5. The molecule has 4 rings (SSSR count). The van der Waals surface area contributed by atoms with Crippen LogP contribution in [-0.2, 0) is 19.1 Å².